The minimum Gasteiger partial charge on any atom is -0.493 e. The van der Waals surface area contributed by atoms with E-state index >= 15 is 0 Å². The summed E-state index contributed by atoms with van der Waals surface area (Å²) in [6, 6.07) is 15.6. The number of amides is 1. The van der Waals surface area contributed by atoms with E-state index in [-0.39, 0.29) is 17.3 Å². The van der Waals surface area contributed by atoms with E-state index in [0.29, 0.717) is 29.8 Å². The first-order chi connectivity index (χ1) is 17.4. The lowest BCUT2D eigenvalue weighted by Crippen LogP contribution is -2.35. The molecule has 1 N–H and O–H groups in total. The van der Waals surface area contributed by atoms with Crippen molar-refractivity contribution in [1.82, 2.24) is 9.58 Å². The fourth-order valence-electron chi connectivity index (χ4n) is 4.30. The van der Waals surface area contributed by atoms with Gasteiger partial charge in [0.05, 0.1) is 19.2 Å². The number of aromatic nitrogens is 1. The zero-order valence-electron chi connectivity index (χ0n) is 20.6. The molecule has 2 aromatic carbocycles. The highest BCUT2D eigenvalue weighted by Gasteiger charge is 2.36. The highest BCUT2D eigenvalue weighted by Crippen LogP contribution is 2.33. The second-order valence-corrected chi connectivity index (χ2v) is 9.77. The van der Waals surface area contributed by atoms with E-state index in [4.69, 9.17) is 14.9 Å². The minimum atomic E-state index is -0.422. The molecule has 0 bridgehead atoms. The van der Waals surface area contributed by atoms with Gasteiger partial charge in [-0.2, -0.15) is 15.1 Å². The van der Waals surface area contributed by atoms with Crippen molar-refractivity contribution in [2.45, 2.75) is 27.3 Å². The number of nitrogens with one attached hydrogen (secondary N) is 1. The number of carbonyl (C=O) groups is 1. The molecule has 8 nitrogen and oxygen atoms in total. The fraction of sp³-hybridized carbons (Fsp3) is 0.259. The number of rotatable bonds is 7. The molecule has 3 aromatic rings. The largest absolute Gasteiger partial charge is 0.493 e. The van der Waals surface area contributed by atoms with Crippen molar-refractivity contribution in [2.75, 3.05) is 13.7 Å². The maximum atomic E-state index is 12.9. The van der Waals surface area contributed by atoms with Crippen LogP contribution in [0, 0.1) is 18.3 Å². The molecule has 5 rings (SSSR count). The number of ether oxygens (including phenoxy) is 2. The molecule has 1 amide bonds. The average molecular weight is 502 g/mol. The summed E-state index contributed by atoms with van der Waals surface area (Å²) in [4.78, 5) is 17.2. The molecule has 0 radical (unpaired) electrons. The van der Waals surface area contributed by atoms with Crippen LogP contribution in [0.2, 0.25) is 0 Å². The van der Waals surface area contributed by atoms with Crippen LogP contribution in [0.1, 0.15) is 25.1 Å². The van der Waals surface area contributed by atoms with Crippen LogP contribution in [0.25, 0.3) is 17.0 Å². The zero-order chi connectivity index (χ0) is 25.4. The molecule has 1 aromatic heterocycles. The number of hydrogen-bond donors (Lipinski definition) is 1. The normalized spacial score (nSPS) is 16.6. The highest BCUT2D eigenvalue weighted by molar-refractivity contribution is 8.27. The second-order valence-electron chi connectivity index (χ2n) is 8.78. The van der Waals surface area contributed by atoms with Crippen LogP contribution in [0.4, 0.5) is 0 Å². The van der Waals surface area contributed by atoms with E-state index in [1.54, 1.807) is 13.2 Å². The smallest absolute Gasteiger partial charge is 0.283 e. The first-order valence-corrected chi connectivity index (χ1v) is 12.5. The quantitative estimate of drug-likeness (QED) is 0.443. The summed E-state index contributed by atoms with van der Waals surface area (Å²) in [5, 5.41) is 17.0. The van der Waals surface area contributed by atoms with Gasteiger partial charge < -0.3 is 14.0 Å². The molecule has 0 unspecified atom stereocenters. The van der Waals surface area contributed by atoms with E-state index in [9.17, 15) is 4.79 Å². The monoisotopic (exact) mass is 501 g/mol. The Labute approximate surface area is 213 Å². The van der Waals surface area contributed by atoms with Gasteiger partial charge in [-0.15, -0.1) is 0 Å². The predicted molar refractivity (Wildman–Crippen MR) is 145 cm³/mol. The summed E-state index contributed by atoms with van der Waals surface area (Å²) in [6.45, 7) is 7.12. The molecule has 0 spiro atoms. The Kier molecular flexibility index (Phi) is 6.40. The summed E-state index contributed by atoms with van der Waals surface area (Å²) < 4.78 is 13.6. The van der Waals surface area contributed by atoms with Crippen LogP contribution in [0.5, 0.6) is 11.5 Å². The van der Waals surface area contributed by atoms with E-state index in [1.807, 2.05) is 69.3 Å². The Hall–Kier alpha value is -3.85. The van der Waals surface area contributed by atoms with E-state index in [2.05, 4.69) is 14.7 Å². The molecule has 36 heavy (non-hydrogen) atoms. The minimum absolute atomic E-state index is 0.0453. The first kappa shape index (κ1) is 23.9. The summed E-state index contributed by atoms with van der Waals surface area (Å²) in [5.41, 5.74) is 3.12. The number of thioether (sulfide) groups is 1. The Morgan fingerprint density at radius 3 is 2.58 bits per heavy atom. The van der Waals surface area contributed by atoms with Gasteiger partial charge in [-0.25, -0.2) is 0 Å². The summed E-state index contributed by atoms with van der Waals surface area (Å²) in [6.07, 6.45) is 1.77. The van der Waals surface area contributed by atoms with Gasteiger partial charge in [-0.05, 0) is 43.0 Å². The third kappa shape index (κ3) is 4.19. The fourth-order valence-corrected chi connectivity index (χ4v) is 5.19. The van der Waals surface area contributed by atoms with Crippen LogP contribution < -0.4 is 9.47 Å². The van der Waals surface area contributed by atoms with E-state index in [0.717, 1.165) is 27.2 Å². The maximum Gasteiger partial charge on any atom is 0.283 e. The van der Waals surface area contributed by atoms with Gasteiger partial charge in [-0.1, -0.05) is 44.2 Å². The third-order valence-corrected chi connectivity index (χ3v) is 7.38. The van der Waals surface area contributed by atoms with E-state index < -0.39 is 5.91 Å². The van der Waals surface area contributed by atoms with Gasteiger partial charge in [0.1, 0.15) is 11.7 Å². The van der Waals surface area contributed by atoms with Crippen molar-refractivity contribution < 1.29 is 14.3 Å². The molecule has 2 aliphatic rings. The number of nitrogens with zero attached hydrogens (tertiary/aromatic N) is 4. The number of benzene rings is 2. The summed E-state index contributed by atoms with van der Waals surface area (Å²) in [5.74, 6) is 1.20. The number of hydrazone groups is 1. The van der Waals surface area contributed by atoms with Crippen molar-refractivity contribution in [3.8, 4) is 11.5 Å². The average Bonchev–Trinajstić information content (AvgIpc) is 3.42. The third-order valence-electron chi connectivity index (χ3n) is 6.17. The van der Waals surface area contributed by atoms with Crippen LogP contribution >= 0.6 is 11.8 Å². The van der Waals surface area contributed by atoms with Gasteiger partial charge in [0, 0.05) is 28.1 Å². The molecule has 2 aliphatic heterocycles. The van der Waals surface area contributed by atoms with Crippen molar-refractivity contribution >= 4 is 50.7 Å². The number of fused-ring (bicyclic) bond motifs is 2. The molecule has 0 saturated heterocycles. The highest BCUT2D eigenvalue weighted by atomic mass is 32.2. The molecule has 184 valence electrons. The zero-order valence-corrected chi connectivity index (χ0v) is 21.4. The van der Waals surface area contributed by atoms with Gasteiger partial charge >= 0.3 is 0 Å². The van der Waals surface area contributed by atoms with Gasteiger partial charge in [-0.3, -0.25) is 10.2 Å². The maximum absolute atomic E-state index is 12.9. The van der Waals surface area contributed by atoms with Crippen molar-refractivity contribution in [2.24, 2.45) is 16.0 Å². The van der Waals surface area contributed by atoms with Crippen LogP contribution in [-0.2, 0) is 11.3 Å². The topological polar surface area (TPSA) is 92.3 Å². The van der Waals surface area contributed by atoms with Gasteiger partial charge in [0.15, 0.2) is 17.3 Å². The Morgan fingerprint density at radius 2 is 1.83 bits per heavy atom. The summed E-state index contributed by atoms with van der Waals surface area (Å²) in [7, 11) is 1.62. The number of methoxy groups -OCH3 is 1. The van der Waals surface area contributed by atoms with Gasteiger partial charge in [0.25, 0.3) is 5.91 Å². The Morgan fingerprint density at radius 1 is 1.11 bits per heavy atom. The number of aliphatic imine (C=N–C) groups is 1. The first-order valence-electron chi connectivity index (χ1n) is 11.7. The Balaban J connectivity index is 1.47. The SMILES string of the molecule is COc1ccccc1OCCn1c(C)c(/C=C2/C(=N)N3N=C(C(C)C)SC3=NC2=O)c2ccccc21. The van der Waals surface area contributed by atoms with Crippen molar-refractivity contribution in [1.29, 1.82) is 5.41 Å². The molecule has 0 saturated carbocycles. The molecular formula is C27H27N5O3S. The molecule has 9 heteroatoms. The Bertz CT molecular complexity index is 1470. The lowest BCUT2D eigenvalue weighted by atomic mass is 10.1. The van der Waals surface area contributed by atoms with Crippen molar-refractivity contribution in [3.05, 3.63) is 65.4 Å². The number of para-hydroxylation sites is 3. The second kappa shape index (κ2) is 9.66. The summed E-state index contributed by atoms with van der Waals surface area (Å²) >= 11 is 1.35. The van der Waals surface area contributed by atoms with Crippen LogP contribution in [0.3, 0.4) is 0 Å². The molecular weight excluding hydrogens is 474 g/mol. The van der Waals surface area contributed by atoms with Crippen LogP contribution in [0.15, 0.2) is 64.2 Å². The predicted octanol–water partition coefficient (Wildman–Crippen LogP) is 5.31. The number of hydrogen-bond acceptors (Lipinski definition) is 6. The lowest BCUT2D eigenvalue weighted by molar-refractivity contribution is -0.114. The van der Waals surface area contributed by atoms with Crippen molar-refractivity contribution in [3.63, 3.8) is 0 Å². The molecule has 3 heterocycles. The van der Waals surface area contributed by atoms with Crippen LogP contribution in [-0.4, -0.2) is 45.2 Å². The lowest BCUT2D eigenvalue weighted by Gasteiger charge is -2.20. The number of amidine groups is 2. The van der Waals surface area contributed by atoms with Gasteiger partial charge in [0.2, 0.25) is 5.17 Å². The molecule has 0 aliphatic carbocycles. The standard InChI is InChI=1S/C27H27N5O3S/c1-16(2)26-30-32-24(28)20(25(33)29-27(32)36-26)15-19-17(3)31(21-10-6-5-9-18(19)21)13-14-35-23-12-8-7-11-22(23)34-4/h5-12,15-16,28H,13-14H2,1-4H3/b20-15-,28-24?. The molecule has 0 fully saturated rings. The van der Waals surface area contributed by atoms with E-state index in [1.165, 1.54) is 16.8 Å². The molecule has 0 atom stereocenters. The number of carbonyl (C=O) groups excluding carboxylic acids is 1.